The maximum absolute atomic E-state index is 8.69. The SMILES string of the molecule is CCCCCCCOc1ccc(CNCCCO)cc1. The molecule has 1 aromatic rings. The number of rotatable bonds is 12. The van der Waals surface area contributed by atoms with Gasteiger partial charge in [-0.15, -0.1) is 0 Å². The van der Waals surface area contributed by atoms with E-state index in [-0.39, 0.29) is 6.61 Å². The van der Waals surface area contributed by atoms with Crippen molar-refractivity contribution in [3.63, 3.8) is 0 Å². The Bertz CT molecular complexity index is 324. The average molecular weight is 279 g/mol. The molecule has 2 N–H and O–H groups in total. The molecule has 0 aliphatic heterocycles. The summed E-state index contributed by atoms with van der Waals surface area (Å²) in [5.74, 6) is 0.958. The first-order valence-electron chi connectivity index (χ1n) is 7.90. The molecule has 0 atom stereocenters. The number of ether oxygens (including phenoxy) is 1. The van der Waals surface area contributed by atoms with Crippen molar-refractivity contribution < 1.29 is 9.84 Å². The van der Waals surface area contributed by atoms with Crippen molar-refractivity contribution >= 4 is 0 Å². The molecule has 0 aromatic heterocycles. The molecule has 1 rings (SSSR count). The first-order valence-corrected chi connectivity index (χ1v) is 7.90. The van der Waals surface area contributed by atoms with E-state index in [1.165, 1.54) is 31.2 Å². The lowest BCUT2D eigenvalue weighted by atomic mass is 10.2. The third kappa shape index (κ3) is 8.18. The molecule has 0 aliphatic carbocycles. The van der Waals surface area contributed by atoms with E-state index in [1.807, 2.05) is 12.1 Å². The zero-order valence-corrected chi connectivity index (χ0v) is 12.7. The van der Waals surface area contributed by atoms with E-state index in [0.29, 0.717) is 0 Å². The van der Waals surface area contributed by atoms with Crippen LogP contribution in [0.15, 0.2) is 24.3 Å². The van der Waals surface area contributed by atoms with Gasteiger partial charge < -0.3 is 15.2 Å². The Hall–Kier alpha value is -1.06. The van der Waals surface area contributed by atoms with E-state index in [2.05, 4.69) is 24.4 Å². The highest BCUT2D eigenvalue weighted by Gasteiger charge is 1.96. The monoisotopic (exact) mass is 279 g/mol. The van der Waals surface area contributed by atoms with Crippen molar-refractivity contribution in [1.29, 1.82) is 0 Å². The maximum Gasteiger partial charge on any atom is 0.119 e. The average Bonchev–Trinajstić information content (AvgIpc) is 2.49. The second kappa shape index (κ2) is 11.7. The fraction of sp³-hybridized carbons (Fsp3) is 0.647. The molecule has 0 spiro atoms. The number of hydrogen-bond donors (Lipinski definition) is 2. The van der Waals surface area contributed by atoms with Crippen molar-refractivity contribution in [2.45, 2.75) is 52.0 Å². The topological polar surface area (TPSA) is 41.5 Å². The summed E-state index contributed by atoms with van der Waals surface area (Å²) in [6, 6.07) is 8.26. The van der Waals surface area contributed by atoms with Gasteiger partial charge in [0.15, 0.2) is 0 Å². The van der Waals surface area contributed by atoms with Gasteiger partial charge in [0.25, 0.3) is 0 Å². The van der Waals surface area contributed by atoms with Gasteiger partial charge in [0.05, 0.1) is 6.61 Å². The van der Waals surface area contributed by atoms with Gasteiger partial charge in [0.2, 0.25) is 0 Å². The van der Waals surface area contributed by atoms with Gasteiger partial charge in [-0.3, -0.25) is 0 Å². The van der Waals surface area contributed by atoms with Gasteiger partial charge in [0.1, 0.15) is 5.75 Å². The minimum atomic E-state index is 0.248. The maximum atomic E-state index is 8.69. The van der Waals surface area contributed by atoms with E-state index < -0.39 is 0 Å². The summed E-state index contributed by atoms with van der Waals surface area (Å²) in [5, 5.41) is 12.0. The number of aliphatic hydroxyl groups excluding tert-OH is 1. The van der Waals surface area contributed by atoms with Crippen LogP contribution in [0.25, 0.3) is 0 Å². The second-order valence-electron chi connectivity index (χ2n) is 5.16. The molecule has 0 saturated carbocycles. The molecule has 3 heteroatoms. The molecular weight excluding hydrogens is 250 g/mol. The van der Waals surface area contributed by atoms with Crippen molar-refractivity contribution in [2.75, 3.05) is 19.8 Å². The first kappa shape index (κ1) is 17.0. The molecular formula is C17H29NO2. The Balaban J connectivity index is 2.12. The fourth-order valence-corrected chi connectivity index (χ4v) is 2.04. The van der Waals surface area contributed by atoms with Crippen LogP contribution in [-0.4, -0.2) is 24.9 Å². The van der Waals surface area contributed by atoms with Crippen LogP contribution in [0.3, 0.4) is 0 Å². The first-order chi connectivity index (χ1) is 9.86. The Morgan fingerprint density at radius 2 is 1.75 bits per heavy atom. The Morgan fingerprint density at radius 3 is 2.45 bits per heavy atom. The molecule has 1 aromatic carbocycles. The number of hydrogen-bond acceptors (Lipinski definition) is 3. The highest BCUT2D eigenvalue weighted by molar-refractivity contribution is 5.27. The smallest absolute Gasteiger partial charge is 0.119 e. The number of aliphatic hydroxyl groups is 1. The van der Waals surface area contributed by atoms with Gasteiger partial charge in [-0.25, -0.2) is 0 Å². The van der Waals surface area contributed by atoms with Gasteiger partial charge in [-0.05, 0) is 37.1 Å². The number of nitrogens with one attached hydrogen (secondary N) is 1. The summed E-state index contributed by atoms with van der Waals surface area (Å²) >= 11 is 0. The Kier molecular flexibility index (Phi) is 9.98. The predicted octanol–water partition coefficient (Wildman–Crippen LogP) is 3.51. The highest BCUT2D eigenvalue weighted by Crippen LogP contribution is 2.13. The van der Waals surface area contributed by atoms with Crippen LogP contribution in [0.4, 0.5) is 0 Å². The van der Waals surface area contributed by atoms with Crippen molar-refractivity contribution in [1.82, 2.24) is 5.32 Å². The van der Waals surface area contributed by atoms with Crippen LogP contribution in [0.5, 0.6) is 5.75 Å². The summed E-state index contributed by atoms with van der Waals surface area (Å²) in [6.45, 7) is 5.00. The molecule has 0 saturated heterocycles. The van der Waals surface area contributed by atoms with E-state index >= 15 is 0 Å². The number of benzene rings is 1. The van der Waals surface area contributed by atoms with E-state index in [0.717, 1.165) is 38.3 Å². The van der Waals surface area contributed by atoms with E-state index in [4.69, 9.17) is 9.84 Å². The molecule has 0 unspecified atom stereocenters. The Labute approximate surface area is 123 Å². The molecule has 3 nitrogen and oxygen atoms in total. The highest BCUT2D eigenvalue weighted by atomic mass is 16.5. The molecule has 0 fully saturated rings. The quantitative estimate of drug-likeness (QED) is 0.575. The number of unbranched alkanes of at least 4 members (excludes halogenated alkanes) is 4. The standard InChI is InChI=1S/C17H29NO2/c1-2-3-4-5-6-14-20-17-10-8-16(9-11-17)15-18-12-7-13-19/h8-11,18-19H,2-7,12-15H2,1H3. The molecule has 0 bridgehead atoms. The van der Waals surface area contributed by atoms with Crippen LogP contribution in [0.1, 0.15) is 51.0 Å². The van der Waals surface area contributed by atoms with Gasteiger partial charge in [-0.2, -0.15) is 0 Å². The molecule has 0 aliphatic rings. The largest absolute Gasteiger partial charge is 0.494 e. The predicted molar refractivity (Wildman–Crippen MR) is 84.1 cm³/mol. The fourth-order valence-electron chi connectivity index (χ4n) is 2.04. The molecule has 0 radical (unpaired) electrons. The summed E-state index contributed by atoms with van der Waals surface area (Å²) in [7, 11) is 0. The minimum absolute atomic E-state index is 0.248. The van der Waals surface area contributed by atoms with Crippen LogP contribution in [-0.2, 0) is 6.54 Å². The van der Waals surface area contributed by atoms with E-state index in [1.54, 1.807) is 0 Å². The van der Waals surface area contributed by atoms with Gasteiger partial charge in [-0.1, -0.05) is 44.7 Å². The molecule has 20 heavy (non-hydrogen) atoms. The van der Waals surface area contributed by atoms with Crippen molar-refractivity contribution in [3.05, 3.63) is 29.8 Å². The summed E-state index contributed by atoms with van der Waals surface area (Å²) in [6.07, 6.45) is 7.15. The zero-order valence-electron chi connectivity index (χ0n) is 12.7. The third-order valence-electron chi connectivity index (χ3n) is 3.28. The van der Waals surface area contributed by atoms with Crippen LogP contribution in [0.2, 0.25) is 0 Å². The van der Waals surface area contributed by atoms with Crippen molar-refractivity contribution in [3.8, 4) is 5.75 Å². The zero-order chi connectivity index (χ0) is 14.5. The second-order valence-corrected chi connectivity index (χ2v) is 5.16. The van der Waals surface area contributed by atoms with Crippen LogP contribution >= 0.6 is 0 Å². The van der Waals surface area contributed by atoms with Crippen LogP contribution in [0, 0.1) is 0 Å². The summed E-state index contributed by atoms with van der Waals surface area (Å²) in [5.41, 5.74) is 1.25. The molecule has 0 heterocycles. The normalized spacial score (nSPS) is 10.7. The lowest BCUT2D eigenvalue weighted by molar-refractivity contribution is 0.286. The Morgan fingerprint density at radius 1 is 1.00 bits per heavy atom. The van der Waals surface area contributed by atoms with Gasteiger partial charge >= 0.3 is 0 Å². The van der Waals surface area contributed by atoms with Crippen LogP contribution < -0.4 is 10.1 Å². The lowest BCUT2D eigenvalue weighted by Crippen LogP contribution is -2.15. The molecule has 114 valence electrons. The minimum Gasteiger partial charge on any atom is -0.494 e. The third-order valence-corrected chi connectivity index (χ3v) is 3.28. The van der Waals surface area contributed by atoms with Crippen molar-refractivity contribution in [2.24, 2.45) is 0 Å². The summed E-state index contributed by atoms with van der Waals surface area (Å²) in [4.78, 5) is 0. The lowest BCUT2D eigenvalue weighted by Gasteiger charge is -2.08. The summed E-state index contributed by atoms with van der Waals surface area (Å²) < 4.78 is 5.73. The molecule has 0 amide bonds. The van der Waals surface area contributed by atoms with E-state index in [9.17, 15) is 0 Å². The van der Waals surface area contributed by atoms with Gasteiger partial charge in [0, 0.05) is 13.2 Å².